The third-order valence-electron chi connectivity index (χ3n) is 2.60. The molecule has 0 heterocycles. The maximum atomic E-state index is 12.4. The van der Waals surface area contributed by atoms with E-state index in [1.54, 1.807) is 0 Å². The van der Waals surface area contributed by atoms with E-state index in [-0.39, 0.29) is 0 Å². The Morgan fingerprint density at radius 2 is 2.06 bits per heavy atom. The maximum Gasteiger partial charge on any atom is 0.247 e. The predicted molar refractivity (Wildman–Crippen MR) is 69.7 cm³/mol. The van der Waals surface area contributed by atoms with E-state index >= 15 is 0 Å². The van der Waals surface area contributed by atoms with Crippen LogP contribution in [0.15, 0.2) is 24.3 Å². The van der Waals surface area contributed by atoms with E-state index in [2.05, 4.69) is 6.92 Å². The zero-order valence-corrected chi connectivity index (χ0v) is 11.3. The number of aryl methyl sites for hydroxylation is 1. The SMILES string of the molecule is CCCCP(=O)(CC)Oc1cccc(C)c1. The summed E-state index contributed by atoms with van der Waals surface area (Å²) in [4.78, 5) is 0. The van der Waals surface area contributed by atoms with Crippen LogP contribution in [0.3, 0.4) is 0 Å². The van der Waals surface area contributed by atoms with Crippen LogP contribution in [0.2, 0.25) is 0 Å². The molecule has 0 N–H and O–H groups in total. The van der Waals surface area contributed by atoms with Crippen molar-refractivity contribution in [2.45, 2.75) is 33.6 Å². The predicted octanol–water partition coefficient (Wildman–Crippen LogP) is 4.47. The van der Waals surface area contributed by atoms with Gasteiger partial charge in [-0.1, -0.05) is 32.4 Å². The molecular formula is C13H21O2P. The van der Waals surface area contributed by atoms with Crippen LogP contribution in [0.1, 0.15) is 32.3 Å². The zero-order valence-electron chi connectivity index (χ0n) is 10.4. The molecule has 1 unspecified atom stereocenters. The molecule has 0 aromatic heterocycles. The summed E-state index contributed by atoms with van der Waals surface area (Å²) in [6, 6.07) is 7.76. The molecule has 0 fully saturated rings. The van der Waals surface area contributed by atoms with E-state index in [1.165, 1.54) is 0 Å². The van der Waals surface area contributed by atoms with Gasteiger partial charge in [-0.05, 0) is 31.0 Å². The number of hydrogen-bond acceptors (Lipinski definition) is 2. The monoisotopic (exact) mass is 240 g/mol. The first-order valence-corrected chi connectivity index (χ1v) is 7.93. The van der Waals surface area contributed by atoms with Crippen molar-refractivity contribution in [3.8, 4) is 5.75 Å². The Morgan fingerprint density at radius 3 is 2.62 bits per heavy atom. The highest BCUT2D eigenvalue weighted by molar-refractivity contribution is 7.59. The average molecular weight is 240 g/mol. The van der Waals surface area contributed by atoms with Gasteiger partial charge in [0.05, 0.1) is 0 Å². The topological polar surface area (TPSA) is 26.3 Å². The molecule has 0 aliphatic rings. The molecule has 0 radical (unpaired) electrons. The van der Waals surface area contributed by atoms with Gasteiger partial charge in [0, 0.05) is 12.3 Å². The van der Waals surface area contributed by atoms with Gasteiger partial charge in [-0.25, -0.2) is 0 Å². The fraction of sp³-hybridized carbons (Fsp3) is 0.538. The smallest absolute Gasteiger partial charge is 0.247 e. The van der Waals surface area contributed by atoms with E-state index in [1.807, 2.05) is 38.1 Å². The number of hydrogen-bond donors (Lipinski definition) is 0. The fourth-order valence-electron chi connectivity index (χ4n) is 1.53. The molecule has 2 nitrogen and oxygen atoms in total. The minimum absolute atomic E-state index is 0.612. The molecule has 3 heteroatoms. The van der Waals surface area contributed by atoms with Crippen LogP contribution in [0.25, 0.3) is 0 Å². The Kier molecular flexibility index (Phi) is 5.08. The molecule has 1 aromatic carbocycles. The van der Waals surface area contributed by atoms with Gasteiger partial charge in [0.25, 0.3) is 0 Å². The van der Waals surface area contributed by atoms with Gasteiger partial charge >= 0.3 is 0 Å². The summed E-state index contributed by atoms with van der Waals surface area (Å²) in [6.45, 7) is 6.05. The van der Waals surface area contributed by atoms with Crippen molar-refractivity contribution in [2.24, 2.45) is 0 Å². The first-order chi connectivity index (χ1) is 7.59. The summed E-state index contributed by atoms with van der Waals surface area (Å²) >= 11 is 0. The van der Waals surface area contributed by atoms with Gasteiger partial charge in [0.15, 0.2) is 0 Å². The molecule has 0 bridgehead atoms. The minimum Gasteiger partial charge on any atom is -0.443 e. The van der Waals surface area contributed by atoms with Crippen molar-refractivity contribution in [3.05, 3.63) is 29.8 Å². The number of unbranched alkanes of at least 4 members (excludes halogenated alkanes) is 1. The molecular weight excluding hydrogens is 219 g/mol. The quantitative estimate of drug-likeness (QED) is 0.685. The van der Waals surface area contributed by atoms with E-state index in [0.29, 0.717) is 12.3 Å². The summed E-state index contributed by atoms with van der Waals surface area (Å²) < 4.78 is 18.1. The van der Waals surface area contributed by atoms with Crippen LogP contribution in [0, 0.1) is 6.92 Å². The molecule has 90 valence electrons. The standard InChI is InChI=1S/C13H21O2P/c1-4-6-10-16(14,5-2)15-13-9-7-8-12(3)11-13/h7-9,11H,4-6,10H2,1-3H3. The zero-order chi connectivity index (χ0) is 12.0. The summed E-state index contributed by atoms with van der Waals surface area (Å²) in [5.41, 5.74) is 1.13. The second-order valence-corrected chi connectivity index (χ2v) is 7.01. The van der Waals surface area contributed by atoms with Crippen LogP contribution >= 0.6 is 7.37 Å². The largest absolute Gasteiger partial charge is 0.443 e. The van der Waals surface area contributed by atoms with Crippen molar-refractivity contribution >= 4 is 7.37 Å². The Labute approximate surface area is 98.5 Å². The normalized spacial score (nSPS) is 14.4. The second-order valence-electron chi connectivity index (χ2n) is 4.12. The van der Waals surface area contributed by atoms with Crippen LogP contribution < -0.4 is 4.52 Å². The molecule has 0 saturated heterocycles. The van der Waals surface area contributed by atoms with E-state index in [4.69, 9.17) is 4.52 Å². The van der Waals surface area contributed by atoms with E-state index in [9.17, 15) is 4.57 Å². The fourth-order valence-corrected chi connectivity index (χ4v) is 3.36. The highest BCUT2D eigenvalue weighted by Gasteiger charge is 2.21. The Bertz CT molecular complexity index is 374. The summed E-state index contributed by atoms with van der Waals surface area (Å²) in [6.07, 6.45) is 3.33. The van der Waals surface area contributed by atoms with Gasteiger partial charge < -0.3 is 4.52 Å². The van der Waals surface area contributed by atoms with Crippen molar-refractivity contribution in [3.63, 3.8) is 0 Å². The van der Waals surface area contributed by atoms with Gasteiger partial charge in [-0.2, -0.15) is 0 Å². The van der Waals surface area contributed by atoms with Crippen LogP contribution in [0.4, 0.5) is 0 Å². The van der Waals surface area contributed by atoms with Crippen LogP contribution in [-0.2, 0) is 4.57 Å². The lowest BCUT2D eigenvalue weighted by molar-refractivity contribution is 0.480. The van der Waals surface area contributed by atoms with Crippen LogP contribution in [-0.4, -0.2) is 12.3 Å². The molecule has 0 aliphatic heterocycles. The summed E-state index contributed by atoms with van der Waals surface area (Å²) in [7, 11) is -2.46. The van der Waals surface area contributed by atoms with Crippen molar-refractivity contribution in [2.75, 3.05) is 12.3 Å². The molecule has 0 saturated carbocycles. The van der Waals surface area contributed by atoms with Gasteiger partial charge in [0.2, 0.25) is 7.37 Å². The van der Waals surface area contributed by atoms with Gasteiger partial charge in [0.1, 0.15) is 5.75 Å². The number of rotatable bonds is 6. The molecule has 1 aromatic rings. The van der Waals surface area contributed by atoms with E-state index in [0.717, 1.165) is 24.2 Å². The van der Waals surface area contributed by atoms with Gasteiger partial charge in [-0.3, -0.25) is 4.57 Å². The van der Waals surface area contributed by atoms with Crippen LogP contribution in [0.5, 0.6) is 5.75 Å². The molecule has 0 spiro atoms. The minimum atomic E-state index is -2.46. The summed E-state index contributed by atoms with van der Waals surface area (Å²) in [5, 5.41) is 0. The lowest BCUT2D eigenvalue weighted by Crippen LogP contribution is -2.00. The Morgan fingerprint density at radius 1 is 1.31 bits per heavy atom. The average Bonchev–Trinajstić information content (AvgIpc) is 2.26. The first kappa shape index (κ1) is 13.3. The van der Waals surface area contributed by atoms with E-state index < -0.39 is 7.37 Å². The highest BCUT2D eigenvalue weighted by Crippen LogP contribution is 2.47. The third kappa shape index (κ3) is 4.02. The van der Waals surface area contributed by atoms with Crippen molar-refractivity contribution in [1.82, 2.24) is 0 Å². The lowest BCUT2D eigenvalue weighted by atomic mass is 10.2. The number of benzene rings is 1. The Balaban J connectivity index is 2.73. The molecule has 0 amide bonds. The molecule has 16 heavy (non-hydrogen) atoms. The third-order valence-corrected chi connectivity index (χ3v) is 5.10. The van der Waals surface area contributed by atoms with Gasteiger partial charge in [-0.15, -0.1) is 0 Å². The highest BCUT2D eigenvalue weighted by atomic mass is 31.2. The van der Waals surface area contributed by atoms with Crippen molar-refractivity contribution in [1.29, 1.82) is 0 Å². The molecule has 1 atom stereocenters. The second kappa shape index (κ2) is 6.10. The maximum absolute atomic E-state index is 12.4. The molecule has 0 aliphatic carbocycles. The Hall–Kier alpha value is -0.750. The lowest BCUT2D eigenvalue weighted by Gasteiger charge is -2.18. The molecule has 1 rings (SSSR count). The summed E-state index contributed by atoms with van der Waals surface area (Å²) in [5.74, 6) is 0.737. The van der Waals surface area contributed by atoms with Crippen molar-refractivity contribution < 1.29 is 9.09 Å². The first-order valence-electron chi connectivity index (χ1n) is 5.94.